The zero-order valence-corrected chi connectivity index (χ0v) is 13.0. The molecule has 2 aromatic carbocycles. The zero-order valence-electron chi connectivity index (χ0n) is 13.0. The lowest BCUT2D eigenvalue weighted by atomic mass is 9.80. The van der Waals surface area contributed by atoms with Gasteiger partial charge in [-0.3, -0.25) is 4.79 Å². The van der Waals surface area contributed by atoms with Gasteiger partial charge in [-0.1, -0.05) is 36.4 Å². The number of hydrogen-bond donors (Lipinski definition) is 1. The molecule has 116 valence electrons. The number of nitrogens with one attached hydrogen (secondary N) is 1. The van der Waals surface area contributed by atoms with Crippen molar-refractivity contribution in [3.8, 4) is 0 Å². The summed E-state index contributed by atoms with van der Waals surface area (Å²) in [5.74, 6) is -0.753. The molecule has 0 amide bonds. The van der Waals surface area contributed by atoms with Crippen LogP contribution in [0.4, 0.5) is 10.1 Å². The van der Waals surface area contributed by atoms with Gasteiger partial charge in [0, 0.05) is 11.3 Å². The molecular weight excluding hydrogens is 281 g/mol. The number of carbonyl (C=O) groups is 1. The standard InChI is InChI=1S/C18H20FNO2/c1-18(2,17(21)22-3)16(14-11-7-8-12-15(14)19)20-13-9-5-4-6-10-13/h4-12,16,20H,1-3H3/t16-/m1/s1. The predicted molar refractivity (Wildman–Crippen MR) is 85.0 cm³/mol. The van der Waals surface area contributed by atoms with Gasteiger partial charge in [-0.05, 0) is 32.0 Å². The van der Waals surface area contributed by atoms with Gasteiger partial charge in [0.1, 0.15) is 5.82 Å². The Hall–Kier alpha value is -2.36. The van der Waals surface area contributed by atoms with E-state index in [1.165, 1.54) is 13.2 Å². The normalized spacial score (nSPS) is 12.5. The van der Waals surface area contributed by atoms with E-state index in [-0.39, 0.29) is 5.82 Å². The molecule has 0 unspecified atom stereocenters. The first-order chi connectivity index (χ1) is 10.5. The number of anilines is 1. The monoisotopic (exact) mass is 301 g/mol. The summed E-state index contributed by atoms with van der Waals surface area (Å²) < 4.78 is 19.1. The van der Waals surface area contributed by atoms with Gasteiger partial charge in [0.05, 0.1) is 18.6 Å². The Morgan fingerprint density at radius 2 is 1.68 bits per heavy atom. The summed E-state index contributed by atoms with van der Waals surface area (Å²) in [7, 11) is 1.34. The van der Waals surface area contributed by atoms with Crippen molar-refractivity contribution in [3.05, 3.63) is 66.0 Å². The lowest BCUT2D eigenvalue weighted by Crippen LogP contribution is -2.37. The van der Waals surface area contributed by atoms with Crippen molar-refractivity contribution in [2.75, 3.05) is 12.4 Å². The van der Waals surface area contributed by atoms with E-state index in [2.05, 4.69) is 5.32 Å². The molecule has 0 saturated heterocycles. The predicted octanol–water partition coefficient (Wildman–Crippen LogP) is 4.18. The van der Waals surface area contributed by atoms with E-state index in [9.17, 15) is 9.18 Å². The third-order valence-electron chi connectivity index (χ3n) is 3.73. The summed E-state index contributed by atoms with van der Waals surface area (Å²) in [6.45, 7) is 3.48. The third-order valence-corrected chi connectivity index (χ3v) is 3.73. The van der Waals surface area contributed by atoms with Crippen LogP contribution in [0.5, 0.6) is 0 Å². The van der Waals surface area contributed by atoms with Crippen molar-refractivity contribution in [3.63, 3.8) is 0 Å². The molecule has 22 heavy (non-hydrogen) atoms. The Kier molecular flexibility index (Phi) is 4.81. The maximum Gasteiger partial charge on any atom is 0.313 e. The highest BCUT2D eigenvalue weighted by atomic mass is 19.1. The lowest BCUT2D eigenvalue weighted by Gasteiger charge is -2.33. The van der Waals surface area contributed by atoms with E-state index in [0.29, 0.717) is 5.56 Å². The van der Waals surface area contributed by atoms with Crippen molar-refractivity contribution in [2.24, 2.45) is 5.41 Å². The summed E-state index contributed by atoms with van der Waals surface area (Å²) in [5.41, 5.74) is 0.307. The second-order valence-corrected chi connectivity index (χ2v) is 5.68. The number of hydrogen-bond acceptors (Lipinski definition) is 3. The first kappa shape index (κ1) is 16.0. The molecule has 0 aliphatic rings. The quantitative estimate of drug-likeness (QED) is 0.842. The SMILES string of the molecule is COC(=O)C(C)(C)[C@H](Nc1ccccc1)c1ccccc1F. The molecule has 0 aromatic heterocycles. The molecule has 1 N–H and O–H groups in total. The first-order valence-corrected chi connectivity index (χ1v) is 7.11. The second-order valence-electron chi connectivity index (χ2n) is 5.68. The number of benzene rings is 2. The van der Waals surface area contributed by atoms with Gasteiger partial charge in [-0.25, -0.2) is 4.39 Å². The molecular formula is C18H20FNO2. The van der Waals surface area contributed by atoms with Crippen LogP contribution >= 0.6 is 0 Å². The topological polar surface area (TPSA) is 38.3 Å². The number of carbonyl (C=O) groups excluding carboxylic acids is 1. The molecule has 1 atom stereocenters. The number of halogens is 1. The molecule has 0 spiro atoms. The van der Waals surface area contributed by atoms with Crippen molar-refractivity contribution >= 4 is 11.7 Å². The van der Waals surface area contributed by atoms with E-state index in [4.69, 9.17) is 4.74 Å². The van der Waals surface area contributed by atoms with Gasteiger partial charge in [-0.15, -0.1) is 0 Å². The minimum absolute atomic E-state index is 0.354. The first-order valence-electron chi connectivity index (χ1n) is 7.11. The highest BCUT2D eigenvalue weighted by Gasteiger charge is 2.40. The number of rotatable bonds is 5. The van der Waals surface area contributed by atoms with Crippen LogP contribution in [0.3, 0.4) is 0 Å². The molecule has 0 fully saturated rings. The van der Waals surface area contributed by atoms with E-state index in [0.717, 1.165) is 5.69 Å². The van der Waals surface area contributed by atoms with Crippen LogP contribution in [0, 0.1) is 11.2 Å². The van der Waals surface area contributed by atoms with Crippen LogP contribution < -0.4 is 5.32 Å². The number of esters is 1. The van der Waals surface area contributed by atoms with Crippen molar-refractivity contribution in [1.29, 1.82) is 0 Å². The van der Waals surface area contributed by atoms with Crippen molar-refractivity contribution in [2.45, 2.75) is 19.9 Å². The molecule has 0 aliphatic heterocycles. The summed E-state index contributed by atoms with van der Waals surface area (Å²) in [4.78, 5) is 12.2. The van der Waals surface area contributed by atoms with Crippen LogP contribution in [-0.4, -0.2) is 13.1 Å². The van der Waals surface area contributed by atoms with Crippen LogP contribution in [0.2, 0.25) is 0 Å². The summed E-state index contributed by atoms with van der Waals surface area (Å²) in [5, 5.41) is 3.25. The van der Waals surface area contributed by atoms with E-state index in [1.807, 2.05) is 30.3 Å². The van der Waals surface area contributed by atoms with Gasteiger partial charge < -0.3 is 10.1 Å². The second kappa shape index (κ2) is 6.60. The maximum absolute atomic E-state index is 14.2. The van der Waals surface area contributed by atoms with Crippen molar-refractivity contribution < 1.29 is 13.9 Å². The fourth-order valence-corrected chi connectivity index (χ4v) is 2.44. The van der Waals surface area contributed by atoms with Crippen LogP contribution in [-0.2, 0) is 9.53 Å². The number of para-hydroxylation sites is 1. The van der Waals surface area contributed by atoms with Gasteiger partial charge in [0.2, 0.25) is 0 Å². The highest BCUT2D eigenvalue weighted by molar-refractivity contribution is 5.78. The van der Waals surface area contributed by atoms with Crippen molar-refractivity contribution in [1.82, 2.24) is 0 Å². The van der Waals surface area contributed by atoms with Crippen LogP contribution in [0.15, 0.2) is 54.6 Å². The van der Waals surface area contributed by atoms with Crippen LogP contribution in [0.25, 0.3) is 0 Å². The minimum atomic E-state index is -0.938. The van der Waals surface area contributed by atoms with Gasteiger partial charge in [-0.2, -0.15) is 0 Å². The highest BCUT2D eigenvalue weighted by Crippen LogP contribution is 2.38. The average molecular weight is 301 g/mol. The number of ether oxygens (including phenoxy) is 1. The van der Waals surface area contributed by atoms with Crippen LogP contribution in [0.1, 0.15) is 25.5 Å². The minimum Gasteiger partial charge on any atom is -0.469 e. The van der Waals surface area contributed by atoms with E-state index >= 15 is 0 Å². The van der Waals surface area contributed by atoms with Gasteiger partial charge in [0.25, 0.3) is 0 Å². The largest absolute Gasteiger partial charge is 0.469 e. The third kappa shape index (κ3) is 3.27. The molecule has 2 rings (SSSR count). The molecule has 0 aliphatic carbocycles. The smallest absolute Gasteiger partial charge is 0.313 e. The summed E-state index contributed by atoms with van der Waals surface area (Å²) in [6, 6.07) is 15.3. The summed E-state index contributed by atoms with van der Waals surface area (Å²) in [6.07, 6.45) is 0. The average Bonchev–Trinajstić information content (AvgIpc) is 2.53. The fraction of sp³-hybridized carbons (Fsp3) is 0.278. The fourth-order valence-electron chi connectivity index (χ4n) is 2.44. The Balaban J connectivity index is 2.45. The van der Waals surface area contributed by atoms with E-state index in [1.54, 1.807) is 32.0 Å². The molecule has 0 bridgehead atoms. The summed E-state index contributed by atoms with van der Waals surface area (Å²) >= 11 is 0. The molecule has 4 heteroatoms. The van der Waals surface area contributed by atoms with Gasteiger partial charge >= 0.3 is 5.97 Å². The maximum atomic E-state index is 14.2. The lowest BCUT2D eigenvalue weighted by molar-refractivity contribution is -0.151. The molecule has 2 aromatic rings. The molecule has 0 saturated carbocycles. The Labute approximate surface area is 130 Å². The number of methoxy groups -OCH3 is 1. The van der Waals surface area contributed by atoms with Gasteiger partial charge in [0.15, 0.2) is 0 Å². The van der Waals surface area contributed by atoms with E-state index < -0.39 is 17.4 Å². The molecule has 0 radical (unpaired) electrons. The molecule has 3 nitrogen and oxygen atoms in total. The Bertz CT molecular complexity index is 641. The molecule has 0 heterocycles. The zero-order chi connectivity index (χ0) is 16.2. The Morgan fingerprint density at radius 1 is 1.09 bits per heavy atom. The Morgan fingerprint density at radius 3 is 2.27 bits per heavy atom.